The number of carbonyl (C=O) groups excluding carboxylic acids is 1. The van der Waals surface area contributed by atoms with Crippen molar-refractivity contribution >= 4 is 5.91 Å². The molecule has 0 radical (unpaired) electrons. The van der Waals surface area contributed by atoms with E-state index in [2.05, 4.69) is 22.6 Å². The molecule has 0 spiro atoms. The molecule has 0 saturated carbocycles. The van der Waals surface area contributed by atoms with Gasteiger partial charge in [0.2, 0.25) is 5.91 Å². The summed E-state index contributed by atoms with van der Waals surface area (Å²) in [6.07, 6.45) is 3.24. The zero-order valence-electron chi connectivity index (χ0n) is 9.46. The zero-order chi connectivity index (χ0) is 10.7. The number of hydrogen-bond acceptors (Lipinski definition) is 3. The lowest BCUT2D eigenvalue weighted by Crippen LogP contribution is -2.39. The van der Waals surface area contributed by atoms with Gasteiger partial charge < -0.3 is 15.5 Å². The summed E-state index contributed by atoms with van der Waals surface area (Å²) >= 11 is 0. The average molecular weight is 211 g/mol. The van der Waals surface area contributed by atoms with Crippen LogP contribution in [0.1, 0.15) is 19.3 Å². The van der Waals surface area contributed by atoms with Crippen molar-refractivity contribution in [3.8, 4) is 0 Å². The molecule has 0 aromatic rings. The number of likely N-dealkylation sites (tertiary alicyclic amines) is 1. The van der Waals surface area contributed by atoms with Crippen LogP contribution in [0.3, 0.4) is 0 Å². The van der Waals surface area contributed by atoms with Gasteiger partial charge in [-0.1, -0.05) is 0 Å². The maximum absolute atomic E-state index is 11.0. The lowest BCUT2D eigenvalue weighted by Gasteiger charge is -2.29. The summed E-state index contributed by atoms with van der Waals surface area (Å²) in [5.41, 5.74) is 0. The Morgan fingerprint density at radius 2 is 2.20 bits per heavy atom. The molecule has 0 aromatic heterocycles. The SMILES string of the molecule is CN1CCC(CNC2CNC(=O)C2)CC1. The number of carbonyl (C=O) groups is 1. The molecule has 2 saturated heterocycles. The van der Waals surface area contributed by atoms with Gasteiger partial charge in [-0.25, -0.2) is 0 Å². The van der Waals surface area contributed by atoms with Crippen molar-refractivity contribution in [2.75, 3.05) is 33.2 Å². The first-order chi connectivity index (χ1) is 7.24. The van der Waals surface area contributed by atoms with E-state index < -0.39 is 0 Å². The van der Waals surface area contributed by atoms with E-state index in [0.29, 0.717) is 12.5 Å². The fourth-order valence-corrected chi connectivity index (χ4v) is 2.35. The molecule has 2 aliphatic rings. The van der Waals surface area contributed by atoms with Gasteiger partial charge in [-0.05, 0) is 45.4 Å². The molecule has 4 heteroatoms. The van der Waals surface area contributed by atoms with Crippen LogP contribution in [0.15, 0.2) is 0 Å². The monoisotopic (exact) mass is 211 g/mol. The average Bonchev–Trinajstić information content (AvgIpc) is 2.64. The lowest BCUT2D eigenvalue weighted by molar-refractivity contribution is -0.119. The third kappa shape index (κ3) is 3.18. The highest BCUT2D eigenvalue weighted by molar-refractivity contribution is 5.78. The summed E-state index contributed by atoms with van der Waals surface area (Å²) in [7, 11) is 2.18. The van der Waals surface area contributed by atoms with E-state index in [0.717, 1.165) is 19.0 Å². The van der Waals surface area contributed by atoms with E-state index >= 15 is 0 Å². The molecule has 15 heavy (non-hydrogen) atoms. The van der Waals surface area contributed by atoms with Gasteiger partial charge in [-0.3, -0.25) is 4.79 Å². The van der Waals surface area contributed by atoms with E-state index in [1.54, 1.807) is 0 Å². The Balaban J connectivity index is 1.63. The van der Waals surface area contributed by atoms with Crippen LogP contribution < -0.4 is 10.6 Å². The van der Waals surface area contributed by atoms with Crippen LogP contribution in [0.2, 0.25) is 0 Å². The first-order valence-corrected chi connectivity index (χ1v) is 5.92. The van der Waals surface area contributed by atoms with E-state index in [1.165, 1.54) is 25.9 Å². The van der Waals surface area contributed by atoms with Crippen molar-refractivity contribution in [2.45, 2.75) is 25.3 Å². The number of nitrogens with one attached hydrogen (secondary N) is 2. The highest BCUT2D eigenvalue weighted by atomic mass is 16.1. The minimum Gasteiger partial charge on any atom is -0.354 e. The predicted molar refractivity (Wildman–Crippen MR) is 59.6 cm³/mol. The van der Waals surface area contributed by atoms with Crippen LogP contribution in [-0.2, 0) is 4.79 Å². The number of amides is 1. The summed E-state index contributed by atoms with van der Waals surface area (Å²) in [4.78, 5) is 13.4. The largest absolute Gasteiger partial charge is 0.354 e. The molecule has 2 fully saturated rings. The molecule has 86 valence electrons. The Morgan fingerprint density at radius 3 is 2.80 bits per heavy atom. The zero-order valence-corrected chi connectivity index (χ0v) is 9.46. The Hall–Kier alpha value is -0.610. The second-order valence-corrected chi connectivity index (χ2v) is 4.86. The van der Waals surface area contributed by atoms with Crippen molar-refractivity contribution in [2.24, 2.45) is 5.92 Å². The molecule has 1 atom stereocenters. The fourth-order valence-electron chi connectivity index (χ4n) is 2.35. The van der Waals surface area contributed by atoms with E-state index in [-0.39, 0.29) is 5.91 Å². The Kier molecular flexibility index (Phi) is 3.59. The van der Waals surface area contributed by atoms with Crippen molar-refractivity contribution < 1.29 is 4.79 Å². The number of nitrogens with zero attached hydrogens (tertiary/aromatic N) is 1. The maximum Gasteiger partial charge on any atom is 0.221 e. The van der Waals surface area contributed by atoms with Gasteiger partial charge in [-0.15, -0.1) is 0 Å². The molecule has 2 N–H and O–H groups in total. The smallest absolute Gasteiger partial charge is 0.221 e. The molecule has 4 nitrogen and oxygen atoms in total. The summed E-state index contributed by atoms with van der Waals surface area (Å²) in [5, 5.41) is 6.35. The Labute approximate surface area is 91.4 Å². The molecule has 2 rings (SSSR count). The standard InChI is InChI=1S/C11H21N3O/c1-14-4-2-9(3-5-14)7-12-10-6-11(15)13-8-10/h9-10,12H,2-8H2,1H3,(H,13,15). The van der Waals surface area contributed by atoms with Crippen molar-refractivity contribution in [3.05, 3.63) is 0 Å². The van der Waals surface area contributed by atoms with Crippen molar-refractivity contribution in [3.63, 3.8) is 0 Å². The summed E-state index contributed by atoms with van der Waals surface area (Å²) < 4.78 is 0. The molecule has 0 bridgehead atoms. The number of piperidine rings is 1. The maximum atomic E-state index is 11.0. The van der Waals surface area contributed by atoms with Crippen LogP contribution in [0.5, 0.6) is 0 Å². The molecule has 2 aliphatic heterocycles. The second-order valence-electron chi connectivity index (χ2n) is 4.86. The third-order valence-electron chi connectivity index (χ3n) is 3.51. The lowest BCUT2D eigenvalue weighted by atomic mass is 9.97. The van der Waals surface area contributed by atoms with Gasteiger partial charge in [0.15, 0.2) is 0 Å². The second kappa shape index (κ2) is 4.94. The fraction of sp³-hybridized carbons (Fsp3) is 0.909. The molecular weight excluding hydrogens is 190 g/mol. The summed E-state index contributed by atoms with van der Waals surface area (Å²) in [6, 6.07) is 0.372. The first kappa shape index (κ1) is 10.9. The van der Waals surface area contributed by atoms with Crippen molar-refractivity contribution in [1.82, 2.24) is 15.5 Å². The van der Waals surface area contributed by atoms with Crippen LogP contribution in [0.25, 0.3) is 0 Å². The first-order valence-electron chi connectivity index (χ1n) is 5.92. The molecule has 2 heterocycles. The highest BCUT2D eigenvalue weighted by Gasteiger charge is 2.23. The Morgan fingerprint density at radius 1 is 1.47 bits per heavy atom. The summed E-state index contributed by atoms with van der Waals surface area (Å²) in [5.74, 6) is 0.993. The van der Waals surface area contributed by atoms with E-state index in [1.807, 2.05) is 0 Å². The minimum atomic E-state index is 0.191. The van der Waals surface area contributed by atoms with Crippen LogP contribution in [-0.4, -0.2) is 50.1 Å². The quantitative estimate of drug-likeness (QED) is 0.680. The number of rotatable bonds is 3. The topological polar surface area (TPSA) is 44.4 Å². The molecule has 0 aliphatic carbocycles. The van der Waals surface area contributed by atoms with Crippen molar-refractivity contribution in [1.29, 1.82) is 0 Å². The normalized spacial score (nSPS) is 29.4. The van der Waals surface area contributed by atoms with Gasteiger partial charge in [0.1, 0.15) is 0 Å². The van der Waals surface area contributed by atoms with E-state index in [4.69, 9.17) is 0 Å². The van der Waals surface area contributed by atoms with E-state index in [9.17, 15) is 4.79 Å². The van der Waals surface area contributed by atoms with Gasteiger partial charge in [0.05, 0.1) is 0 Å². The number of hydrogen-bond donors (Lipinski definition) is 2. The van der Waals surface area contributed by atoms with Crippen LogP contribution in [0, 0.1) is 5.92 Å². The Bertz CT molecular complexity index is 224. The molecule has 1 unspecified atom stereocenters. The third-order valence-corrected chi connectivity index (χ3v) is 3.51. The van der Waals surface area contributed by atoms with Crippen LogP contribution >= 0.6 is 0 Å². The van der Waals surface area contributed by atoms with Gasteiger partial charge in [-0.2, -0.15) is 0 Å². The summed E-state index contributed by atoms with van der Waals surface area (Å²) in [6.45, 7) is 4.32. The minimum absolute atomic E-state index is 0.191. The van der Waals surface area contributed by atoms with Gasteiger partial charge in [0.25, 0.3) is 0 Å². The molecular formula is C11H21N3O. The highest BCUT2D eigenvalue weighted by Crippen LogP contribution is 2.15. The van der Waals surface area contributed by atoms with Gasteiger partial charge in [0, 0.05) is 19.0 Å². The predicted octanol–water partition coefficient (Wildman–Crippen LogP) is -0.194. The van der Waals surface area contributed by atoms with Gasteiger partial charge >= 0.3 is 0 Å². The molecule has 0 aromatic carbocycles. The molecule has 1 amide bonds. The van der Waals surface area contributed by atoms with Crippen LogP contribution in [0.4, 0.5) is 0 Å².